The lowest BCUT2D eigenvalue weighted by Gasteiger charge is -2.07. The van der Waals surface area contributed by atoms with Crippen molar-refractivity contribution >= 4 is 22.4 Å². The molecule has 100 valence electrons. The summed E-state index contributed by atoms with van der Waals surface area (Å²) in [6.07, 6.45) is 0. The summed E-state index contributed by atoms with van der Waals surface area (Å²) in [4.78, 5) is 0.196. The molecule has 2 aromatic rings. The molecular formula is C14H13ClFNOS. The molecule has 2 nitrogen and oxygen atoms in total. The summed E-state index contributed by atoms with van der Waals surface area (Å²) in [7, 11) is -1.46. The second-order valence-electron chi connectivity index (χ2n) is 4.05. The molecule has 0 saturated carbocycles. The van der Waals surface area contributed by atoms with Gasteiger partial charge >= 0.3 is 0 Å². The first kappa shape index (κ1) is 14.2. The third-order valence-electron chi connectivity index (χ3n) is 2.72. The quantitative estimate of drug-likeness (QED) is 0.941. The van der Waals surface area contributed by atoms with Crippen LogP contribution in [0.2, 0.25) is 5.02 Å². The first-order valence-corrected chi connectivity index (χ1v) is 7.42. The highest BCUT2D eigenvalue weighted by Gasteiger charge is 2.12. The van der Waals surface area contributed by atoms with E-state index in [2.05, 4.69) is 0 Å². The maximum atomic E-state index is 13.5. The van der Waals surface area contributed by atoms with Gasteiger partial charge in [-0.1, -0.05) is 35.9 Å². The molecule has 0 saturated heterocycles. The van der Waals surface area contributed by atoms with E-state index in [9.17, 15) is 8.60 Å². The van der Waals surface area contributed by atoms with E-state index < -0.39 is 16.6 Å². The van der Waals surface area contributed by atoms with Crippen LogP contribution >= 0.6 is 11.6 Å². The minimum absolute atomic E-state index is 0.185. The third kappa shape index (κ3) is 3.41. The fourth-order valence-corrected chi connectivity index (χ4v) is 3.24. The Morgan fingerprint density at radius 2 is 1.95 bits per heavy atom. The molecule has 5 heteroatoms. The van der Waals surface area contributed by atoms with Gasteiger partial charge in [-0.25, -0.2) is 4.39 Å². The minimum Gasteiger partial charge on any atom is -0.326 e. The van der Waals surface area contributed by atoms with E-state index in [0.717, 1.165) is 11.1 Å². The fourth-order valence-electron chi connectivity index (χ4n) is 1.68. The first-order valence-electron chi connectivity index (χ1n) is 5.72. The maximum absolute atomic E-state index is 13.5. The minimum atomic E-state index is -1.46. The van der Waals surface area contributed by atoms with Gasteiger partial charge in [0.05, 0.1) is 21.4 Å². The average Bonchev–Trinajstić information content (AvgIpc) is 2.41. The molecule has 1 unspecified atom stereocenters. The summed E-state index contributed by atoms with van der Waals surface area (Å²) in [5.41, 5.74) is 7.14. The molecule has 1 atom stereocenters. The monoisotopic (exact) mass is 297 g/mol. The molecule has 0 amide bonds. The van der Waals surface area contributed by atoms with Gasteiger partial charge in [0.2, 0.25) is 0 Å². The highest BCUT2D eigenvalue weighted by molar-refractivity contribution is 7.84. The molecule has 0 spiro atoms. The number of nitrogens with two attached hydrogens (primary N) is 1. The summed E-state index contributed by atoms with van der Waals surface area (Å²) in [5, 5.41) is 0.507. The second-order valence-corrected chi connectivity index (χ2v) is 5.88. The smallest absolute Gasteiger partial charge is 0.139 e. The molecule has 2 rings (SSSR count). The lowest BCUT2D eigenvalue weighted by Crippen LogP contribution is -2.01. The van der Waals surface area contributed by atoms with E-state index in [4.69, 9.17) is 17.3 Å². The van der Waals surface area contributed by atoms with Crippen molar-refractivity contribution in [1.82, 2.24) is 0 Å². The van der Waals surface area contributed by atoms with E-state index >= 15 is 0 Å². The van der Waals surface area contributed by atoms with Crippen molar-refractivity contribution < 1.29 is 8.60 Å². The van der Waals surface area contributed by atoms with Crippen LogP contribution in [-0.2, 0) is 23.1 Å². The molecule has 0 aliphatic heterocycles. The summed E-state index contributed by atoms with van der Waals surface area (Å²) in [6, 6.07) is 11.4. The summed E-state index contributed by atoms with van der Waals surface area (Å²) in [6.45, 7) is 0.399. The van der Waals surface area contributed by atoms with Crippen LogP contribution in [0.4, 0.5) is 4.39 Å². The zero-order valence-electron chi connectivity index (χ0n) is 10.1. The number of hydrogen-bond donors (Lipinski definition) is 1. The summed E-state index contributed by atoms with van der Waals surface area (Å²) >= 11 is 6.10. The molecule has 0 aliphatic carbocycles. The predicted molar refractivity (Wildman–Crippen MR) is 75.9 cm³/mol. The zero-order chi connectivity index (χ0) is 13.8. The van der Waals surface area contributed by atoms with Gasteiger partial charge in [-0.3, -0.25) is 4.21 Å². The van der Waals surface area contributed by atoms with Crippen LogP contribution in [0.1, 0.15) is 11.1 Å². The first-order chi connectivity index (χ1) is 9.11. The van der Waals surface area contributed by atoms with Gasteiger partial charge in [-0.2, -0.15) is 0 Å². The van der Waals surface area contributed by atoms with Crippen molar-refractivity contribution in [1.29, 1.82) is 0 Å². The molecule has 0 aliphatic rings. The van der Waals surface area contributed by atoms with Crippen molar-refractivity contribution in [3.63, 3.8) is 0 Å². The van der Waals surface area contributed by atoms with E-state index in [1.54, 1.807) is 24.3 Å². The van der Waals surface area contributed by atoms with Gasteiger partial charge < -0.3 is 5.73 Å². The van der Waals surface area contributed by atoms with Crippen LogP contribution in [0.15, 0.2) is 47.4 Å². The van der Waals surface area contributed by atoms with Crippen molar-refractivity contribution in [2.45, 2.75) is 17.2 Å². The molecule has 2 aromatic carbocycles. The largest absolute Gasteiger partial charge is 0.326 e. The predicted octanol–water partition coefficient (Wildman–Crippen LogP) is 3.25. The Hall–Kier alpha value is -1.23. The Balaban J connectivity index is 2.22. The fraction of sp³-hybridized carbons (Fsp3) is 0.143. The van der Waals surface area contributed by atoms with E-state index in [1.807, 2.05) is 6.07 Å². The number of benzene rings is 2. The van der Waals surface area contributed by atoms with Crippen molar-refractivity contribution in [3.05, 3.63) is 64.4 Å². The van der Waals surface area contributed by atoms with Gasteiger partial charge in [0.15, 0.2) is 0 Å². The van der Waals surface area contributed by atoms with Gasteiger partial charge in [0.25, 0.3) is 0 Å². The van der Waals surface area contributed by atoms with E-state index in [-0.39, 0.29) is 10.6 Å². The summed E-state index contributed by atoms with van der Waals surface area (Å²) in [5.74, 6) is -0.277. The lowest BCUT2D eigenvalue weighted by molar-refractivity contribution is 0.595. The molecule has 0 aromatic heterocycles. The highest BCUT2D eigenvalue weighted by atomic mass is 35.5. The number of rotatable bonds is 4. The Morgan fingerprint density at radius 3 is 2.58 bits per heavy atom. The van der Waals surface area contributed by atoms with Crippen LogP contribution in [0, 0.1) is 5.82 Å². The Labute approximate surface area is 118 Å². The third-order valence-corrected chi connectivity index (χ3v) is 4.47. The normalized spacial score (nSPS) is 12.4. The summed E-state index contributed by atoms with van der Waals surface area (Å²) < 4.78 is 25.6. The lowest BCUT2D eigenvalue weighted by atomic mass is 10.1. The van der Waals surface area contributed by atoms with Crippen molar-refractivity contribution in [2.75, 3.05) is 0 Å². The van der Waals surface area contributed by atoms with Crippen molar-refractivity contribution in [3.8, 4) is 0 Å². The topological polar surface area (TPSA) is 43.1 Å². The van der Waals surface area contributed by atoms with E-state index in [1.165, 1.54) is 12.1 Å². The number of hydrogen-bond acceptors (Lipinski definition) is 2. The highest BCUT2D eigenvalue weighted by Crippen LogP contribution is 2.22. The molecule has 19 heavy (non-hydrogen) atoms. The second kappa shape index (κ2) is 6.28. The van der Waals surface area contributed by atoms with Gasteiger partial charge in [0.1, 0.15) is 5.82 Å². The van der Waals surface area contributed by atoms with E-state index in [0.29, 0.717) is 11.6 Å². The molecular weight excluding hydrogens is 285 g/mol. The van der Waals surface area contributed by atoms with Gasteiger partial charge in [-0.05, 0) is 29.3 Å². The SMILES string of the molecule is NCc1ccc(CS(=O)c2ccccc2F)c(Cl)c1. The van der Waals surface area contributed by atoms with Crippen LogP contribution in [0.3, 0.4) is 0 Å². The molecule has 0 bridgehead atoms. The average molecular weight is 298 g/mol. The standard InChI is InChI=1S/C14H13ClFNOS/c15-12-7-10(8-17)5-6-11(12)9-19(18)14-4-2-1-3-13(14)16/h1-7H,8-9,17H2. The Morgan fingerprint density at radius 1 is 1.21 bits per heavy atom. The zero-order valence-corrected chi connectivity index (χ0v) is 11.7. The number of halogens is 2. The molecule has 0 heterocycles. The molecule has 0 fully saturated rings. The molecule has 0 radical (unpaired) electrons. The Kier molecular flexibility index (Phi) is 4.69. The maximum Gasteiger partial charge on any atom is 0.139 e. The van der Waals surface area contributed by atoms with Gasteiger partial charge in [-0.15, -0.1) is 0 Å². The molecule has 2 N–H and O–H groups in total. The van der Waals surface area contributed by atoms with Gasteiger partial charge in [0, 0.05) is 11.6 Å². The van der Waals surface area contributed by atoms with Crippen LogP contribution in [-0.4, -0.2) is 4.21 Å². The van der Waals surface area contributed by atoms with Crippen LogP contribution in [0.25, 0.3) is 0 Å². The Bertz CT molecular complexity index is 618. The van der Waals surface area contributed by atoms with Crippen LogP contribution < -0.4 is 5.73 Å². The van der Waals surface area contributed by atoms with Crippen molar-refractivity contribution in [2.24, 2.45) is 5.73 Å². The van der Waals surface area contributed by atoms with Crippen LogP contribution in [0.5, 0.6) is 0 Å².